The molecule has 29 nitrogen and oxygen atoms in total. The van der Waals surface area contributed by atoms with Crippen LogP contribution in [0.3, 0.4) is 0 Å². The van der Waals surface area contributed by atoms with Crippen LogP contribution in [0.4, 0.5) is 37.1 Å². The van der Waals surface area contributed by atoms with Crippen molar-refractivity contribution in [1.29, 1.82) is 0 Å². The van der Waals surface area contributed by atoms with Gasteiger partial charge in [-0.25, -0.2) is 19.2 Å². The van der Waals surface area contributed by atoms with Gasteiger partial charge in [-0.3, -0.25) is 59.7 Å². The van der Waals surface area contributed by atoms with E-state index >= 15 is 0 Å². The second-order valence-corrected chi connectivity index (χ2v) is 21.3. The first-order valence-corrected chi connectivity index (χ1v) is 26.6. The number of nitro groups is 4. The van der Waals surface area contributed by atoms with Crippen molar-refractivity contribution in [3.8, 4) is 0 Å². The molecule has 7 atom stereocenters. The van der Waals surface area contributed by atoms with Crippen LogP contribution in [0.1, 0.15) is 48.9 Å². The average molecular weight is 1170 g/mol. The number of non-ortho nitro benzene ring substituents is 4. The Morgan fingerprint density at radius 2 is 1.16 bits per heavy atom. The van der Waals surface area contributed by atoms with Crippen LogP contribution < -0.4 is 10.6 Å². The number of β-lactam (4-membered cyclic amide) rings is 1. The Bertz CT molecular complexity index is 3240. The van der Waals surface area contributed by atoms with Gasteiger partial charge in [-0.05, 0) is 90.6 Å². The summed E-state index contributed by atoms with van der Waals surface area (Å²) in [5.74, 6) is -4.16. The molecule has 3 fully saturated rings. The molecule has 0 bridgehead atoms. The number of esters is 1. The average Bonchev–Trinajstić information content (AvgIpc) is 1.79. The highest BCUT2D eigenvalue weighted by Crippen LogP contribution is 2.53. The molecule has 4 aliphatic heterocycles. The molecule has 4 aromatic rings. The summed E-state index contributed by atoms with van der Waals surface area (Å²) in [7, 11) is 1.31. The summed E-state index contributed by atoms with van der Waals surface area (Å²) in [6.45, 7) is 1.83. The first kappa shape index (κ1) is 59.4. The van der Waals surface area contributed by atoms with Crippen molar-refractivity contribution in [3.05, 3.63) is 170 Å². The minimum atomic E-state index is -1.15. The number of thioether (sulfide) groups is 1. The Kier molecular flexibility index (Phi) is 18.5. The number of nitro benzene ring substituents is 4. The lowest BCUT2D eigenvalue weighted by atomic mass is 9.78. The molecule has 436 valence electrons. The Hall–Kier alpha value is -9.74. The number of likely N-dealkylation sites (tertiary alicyclic amines) is 2. The van der Waals surface area contributed by atoms with Gasteiger partial charge in [0.05, 0.1) is 37.7 Å². The van der Waals surface area contributed by atoms with Crippen molar-refractivity contribution in [2.45, 2.75) is 82.5 Å². The van der Waals surface area contributed by atoms with Crippen LogP contribution in [0.2, 0.25) is 0 Å². The maximum atomic E-state index is 14.6. The number of nitrogens with zero attached hydrogens (tertiary/aromatic N) is 8. The second-order valence-electron chi connectivity index (χ2n) is 20.0. The zero-order valence-corrected chi connectivity index (χ0v) is 45.4. The second kappa shape index (κ2) is 25.8. The fourth-order valence-corrected chi connectivity index (χ4v) is 11.6. The third-order valence-electron chi connectivity index (χ3n) is 14.4. The highest BCUT2D eigenvalue weighted by atomic mass is 32.2. The van der Waals surface area contributed by atoms with Gasteiger partial charge in [0.15, 0.2) is 0 Å². The molecule has 0 spiro atoms. The summed E-state index contributed by atoms with van der Waals surface area (Å²) in [5, 5.41) is 49.5. The molecule has 4 aromatic carbocycles. The van der Waals surface area contributed by atoms with Crippen LogP contribution in [-0.2, 0) is 64.6 Å². The molecule has 2 N–H and O–H groups in total. The quantitative estimate of drug-likeness (QED) is 0.0324. The number of rotatable bonds is 21. The van der Waals surface area contributed by atoms with Gasteiger partial charge in [-0.15, -0.1) is 11.8 Å². The molecule has 0 aliphatic carbocycles. The number of benzene rings is 4. The Morgan fingerprint density at radius 3 is 1.65 bits per heavy atom. The number of likely N-dealkylation sites (N-methyl/N-ethyl adjacent to an activating group) is 1. The first-order valence-electron chi connectivity index (χ1n) is 25.7. The van der Waals surface area contributed by atoms with Crippen molar-refractivity contribution >= 4 is 76.5 Å². The predicted octanol–water partition coefficient (Wildman–Crippen LogP) is 5.86. The normalized spacial score (nSPS) is 20.1. The minimum absolute atomic E-state index is 0.00167. The molecule has 30 heteroatoms. The van der Waals surface area contributed by atoms with Crippen molar-refractivity contribution in [2.75, 3.05) is 33.2 Å². The number of fused-ring (bicyclic) bond motifs is 1. The van der Waals surface area contributed by atoms with Crippen LogP contribution >= 0.6 is 11.8 Å². The predicted molar refractivity (Wildman–Crippen MR) is 288 cm³/mol. The van der Waals surface area contributed by atoms with E-state index in [1.165, 1.54) is 119 Å². The van der Waals surface area contributed by atoms with E-state index in [2.05, 4.69) is 10.6 Å². The zero-order valence-electron chi connectivity index (χ0n) is 44.6. The van der Waals surface area contributed by atoms with Crippen molar-refractivity contribution in [1.82, 2.24) is 30.2 Å². The van der Waals surface area contributed by atoms with Crippen LogP contribution in [0.15, 0.2) is 108 Å². The lowest BCUT2D eigenvalue weighted by Crippen LogP contribution is -2.66. The summed E-state index contributed by atoms with van der Waals surface area (Å²) in [6.07, 6.45) is -2.28. The minimum Gasteiger partial charge on any atom is -0.456 e. The van der Waals surface area contributed by atoms with E-state index in [1.807, 2.05) is 0 Å². The van der Waals surface area contributed by atoms with Gasteiger partial charge in [-0.1, -0.05) is 6.92 Å². The Balaban J connectivity index is 0.971. The third kappa shape index (κ3) is 14.1. The summed E-state index contributed by atoms with van der Waals surface area (Å²) >= 11 is 1.14. The maximum Gasteiger partial charge on any atom is 0.410 e. The van der Waals surface area contributed by atoms with Crippen molar-refractivity contribution in [2.24, 2.45) is 11.8 Å². The molecule has 0 aromatic heterocycles. The van der Waals surface area contributed by atoms with Gasteiger partial charge < -0.3 is 44.3 Å². The van der Waals surface area contributed by atoms with E-state index in [-0.39, 0.29) is 80.9 Å². The van der Waals surface area contributed by atoms with Gasteiger partial charge in [0.25, 0.3) is 22.7 Å². The first-order chi connectivity index (χ1) is 39.6. The summed E-state index contributed by atoms with van der Waals surface area (Å²) in [5.41, 5.74) is 0.959. The number of carbonyl (C=O) groups excluding carboxylic acids is 7. The standard InChI is InChI=1S/C53H54N10O19S/c1-30-45-44(31(2)54-43(64)25-56(3)52(69)81-28-34-8-16-39(17-9-34)62(75)76)49(66)59(45)46(50(67)79-26-32-4-12-37(13-5-32)60(71)72)47(30)83-41-22-42(58(24-41)53(70)82-29-35-10-18-40(19-11-35)63(77)78)48(65)57-21-20-36(23-57)55-51(68)80-27-33-6-14-38(15-7-33)61(73)74/h4-19,30-31,36,41-42,44-45H,20-29H2,1-3H3,(H,54,64)(H,55,68)/t30-,31-,36-,41+,42+,44-,45+/m1/s1. The highest BCUT2D eigenvalue weighted by Gasteiger charge is 2.61. The highest BCUT2D eigenvalue weighted by molar-refractivity contribution is 8.03. The smallest absolute Gasteiger partial charge is 0.410 e. The summed E-state index contributed by atoms with van der Waals surface area (Å²) in [6, 6.07) is 18.0. The summed E-state index contributed by atoms with van der Waals surface area (Å²) < 4.78 is 22.0. The largest absolute Gasteiger partial charge is 0.456 e. The van der Waals surface area contributed by atoms with Gasteiger partial charge in [0.1, 0.15) is 44.7 Å². The number of hydrogen-bond acceptors (Lipinski definition) is 20. The fraction of sp³-hybridized carbons (Fsp3) is 0.377. The van der Waals surface area contributed by atoms with Crippen molar-refractivity contribution in [3.63, 3.8) is 0 Å². The molecule has 4 aliphatic rings. The molecule has 0 unspecified atom stereocenters. The van der Waals surface area contributed by atoms with Gasteiger partial charge >= 0.3 is 24.2 Å². The van der Waals surface area contributed by atoms with E-state index in [0.29, 0.717) is 33.6 Å². The molecule has 0 saturated carbocycles. The van der Waals surface area contributed by atoms with Crippen LogP contribution in [0.5, 0.6) is 0 Å². The van der Waals surface area contributed by atoms with Crippen LogP contribution in [-0.4, -0.2) is 144 Å². The maximum absolute atomic E-state index is 14.6. The number of carbonyl (C=O) groups is 7. The van der Waals surface area contributed by atoms with Gasteiger partial charge in [-0.2, -0.15) is 0 Å². The van der Waals surface area contributed by atoms with E-state index in [9.17, 15) is 74.0 Å². The van der Waals surface area contributed by atoms with E-state index < -0.39 is 109 Å². The van der Waals surface area contributed by atoms with E-state index in [4.69, 9.17) is 18.9 Å². The third-order valence-corrected chi connectivity index (χ3v) is 15.8. The van der Waals surface area contributed by atoms with Crippen molar-refractivity contribution < 1.29 is 72.2 Å². The zero-order chi connectivity index (χ0) is 59.8. The lowest BCUT2D eigenvalue weighted by molar-refractivity contribution is -0.385. The molecule has 0 radical (unpaired) electrons. The van der Waals surface area contributed by atoms with Crippen LogP contribution in [0.25, 0.3) is 0 Å². The molecule has 3 saturated heterocycles. The molecular weight excluding hydrogens is 1110 g/mol. The molecular formula is C53H54N10O19S. The molecule has 4 heterocycles. The summed E-state index contributed by atoms with van der Waals surface area (Å²) in [4.78, 5) is 144. The SMILES string of the molecule is C[C@@H](NC(=O)CN(C)C(=O)OCc1ccc([N+](=O)[O-])cc1)[C@H]1C(=O)N2C(C(=O)OCc3ccc([N+](=O)[O-])cc3)=C(S[C@H]3C[C@@H](C(=O)N4CC[C@@H](NC(=O)OCc5ccc([N+](=O)[O-])cc5)C4)N(C(=O)OCc4ccc([N+](=O)[O-])cc4)C3)[C@H](C)[C@@H]12. The topological polar surface area (TPSA) is 366 Å². The monoisotopic (exact) mass is 1170 g/mol. The molecule has 8 rings (SSSR count). The number of hydrogen-bond donors (Lipinski definition) is 2. The lowest BCUT2D eigenvalue weighted by Gasteiger charge is -2.47. The number of ether oxygens (including phenoxy) is 4. The molecule has 83 heavy (non-hydrogen) atoms. The number of nitrogens with one attached hydrogen (secondary N) is 2. The number of alkyl carbamates (subject to hydrolysis) is 1. The van der Waals surface area contributed by atoms with E-state index in [0.717, 1.165) is 16.7 Å². The number of amides is 6. The van der Waals surface area contributed by atoms with E-state index in [1.54, 1.807) is 13.8 Å². The van der Waals surface area contributed by atoms with Gasteiger partial charge in [0.2, 0.25) is 17.7 Å². The van der Waals surface area contributed by atoms with Crippen LogP contribution in [0, 0.1) is 52.3 Å². The molecule has 6 amide bonds. The Labute approximate surface area is 475 Å². The Morgan fingerprint density at radius 1 is 0.687 bits per heavy atom. The fourth-order valence-electron chi connectivity index (χ4n) is 10.1. The van der Waals surface area contributed by atoms with Gasteiger partial charge in [0, 0.05) is 97.3 Å².